The SMILES string of the molecule is CC[C@H](NC(=O)c1c(F)cccc1Oc1nc(OC)cc(OC)n1)C(=O)O. The van der Waals surface area contributed by atoms with E-state index in [9.17, 15) is 14.0 Å². The summed E-state index contributed by atoms with van der Waals surface area (Å²) in [6.07, 6.45) is 0.127. The number of carboxylic acid groups (broad SMARTS) is 1. The van der Waals surface area contributed by atoms with Gasteiger partial charge in [-0.1, -0.05) is 13.0 Å². The van der Waals surface area contributed by atoms with Crippen LogP contribution in [0, 0.1) is 5.82 Å². The van der Waals surface area contributed by atoms with Crippen molar-refractivity contribution in [2.75, 3.05) is 14.2 Å². The van der Waals surface area contributed by atoms with Crippen molar-refractivity contribution in [1.29, 1.82) is 0 Å². The fourth-order valence-corrected chi connectivity index (χ4v) is 2.12. The first-order valence-corrected chi connectivity index (χ1v) is 7.86. The summed E-state index contributed by atoms with van der Waals surface area (Å²) in [5, 5.41) is 11.3. The van der Waals surface area contributed by atoms with Crippen LogP contribution in [0.2, 0.25) is 0 Å². The minimum Gasteiger partial charge on any atom is -0.481 e. The standard InChI is InChI=1S/C17H18FN3O6/c1-4-10(16(23)24)19-15(22)14-9(18)6-5-7-11(14)27-17-20-12(25-2)8-13(21-17)26-3/h5-8,10H,4H2,1-3H3,(H,19,22)(H,23,24)/t10-/m0/s1. The summed E-state index contributed by atoms with van der Waals surface area (Å²) in [6, 6.07) is 3.71. The number of hydrogen-bond donors (Lipinski definition) is 2. The molecule has 0 saturated heterocycles. The molecule has 1 aromatic carbocycles. The highest BCUT2D eigenvalue weighted by Gasteiger charge is 2.24. The summed E-state index contributed by atoms with van der Waals surface area (Å²) in [7, 11) is 2.76. The molecular weight excluding hydrogens is 361 g/mol. The van der Waals surface area contributed by atoms with Crippen LogP contribution in [0.25, 0.3) is 0 Å². The molecule has 0 aliphatic carbocycles. The highest BCUT2D eigenvalue weighted by Crippen LogP contribution is 2.28. The molecule has 2 rings (SSSR count). The maximum atomic E-state index is 14.3. The third-order valence-corrected chi connectivity index (χ3v) is 3.49. The second-order valence-electron chi connectivity index (χ2n) is 5.22. The number of hydrogen-bond acceptors (Lipinski definition) is 7. The average molecular weight is 379 g/mol. The van der Waals surface area contributed by atoms with Crippen LogP contribution in [0.4, 0.5) is 4.39 Å². The predicted molar refractivity (Wildman–Crippen MR) is 90.8 cm³/mol. The molecule has 0 fully saturated rings. The molecule has 0 saturated carbocycles. The summed E-state index contributed by atoms with van der Waals surface area (Å²) in [6.45, 7) is 1.58. The molecule has 144 valence electrons. The maximum Gasteiger partial charge on any atom is 0.328 e. The number of methoxy groups -OCH3 is 2. The van der Waals surface area contributed by atoms with Crippen LogP contribution in [0.5, 0.6) is 23.5 Å². The second kappa shape index (κ2) is 8.79. The molecule has 27 heavy (non-hydrogen) atoms. The topological polar surface area (TPSA) is 120 Å². The Morgan fingerprint density at radius 2 is 1.85 bits per heavy atom. The van der Waals surface area contributed by atoms with Gasteiger partial charge < -0.3 is 24.6 Å². The monoisotopic (exact) mass is 379 g/mol. The zero-order valence-electron chi connectivity index (χ0n) is 14.9. The van der Waals surface area contributed by atoms with E-state index in [1.165, 1.54) is 32.4 Å². The number of carboxylic acids is 1. The third kappa shape index (κ3) is 4.81. The summed E-state index contributed by atoms with van der Waals surface area (Å²) in [5.41, 5.74) is -0.470. The Hall–Kier alpha value is -3.43. The normalized spacial score (nSPS) is 11.4. The van der Waals surface area contributed by atoms with Gasteiger partial charge in [0.05, 0.1) is 20.3 Å². The van der Waals surface area contributed by atoms with Crippen molar-refractivity contribution in [3.8, 4) is 23.5 Å². The van der Waals surface area contributed by atoms with Crippen LogP contribution < -0.4 is 19.5 Å². The number of nitrogens with zero attached hydrogens (tertiary/aromatic N) is 2. The fourth-order valence-electron chi connectivity index (χ4n) is 2.12. The smallest absolute Gasteiger partial charge is 0.328 e. The number of nitrogens with one attached hydrogen (secondary N) is 1. The Labute approximate surface area is 154 Å². The number of amides is 1. The summed E-state index contributed by atoms with van der Waals surface area (Å²) >= 11 is 0. The fraction of sp³-hybridized carbons (Fsp3) is 0.294. The molecule has 0 aliphatic heterocycles. The zero-order chi connectivity index (χ0) is 20.0. The number of benzene rings is 1. The van der Waals surface area contributed by atoms with E-state index in [0.717, 1.165) is 6.07 Å². The molecule has 10 heteroatoms. The molecule has 1 heterocycles. The Balaban J connectivity index is 2.38. The lowest BCUT2D eigenvalue weighted by atomic mass is 10.1. The highest BCUT2D eigenvalue weighted by molar-refractivity contribution is 5.99. The number of carbonyl (C=O) groups excluding carboxylic acids is 1. The highest BCUT2D eigenvalue weighted by atomic mass is 19.1. The molecule has 0 unspecified atom stereocenters. The van der Waals surface area contributed by atoms with Crippen molar-refractivity contribution in [2.45, 2.75) is 19.4 Å². The quantitative estimate of drug-likeness (QED) is 0.715. The van der Waals surface area contributed by atoms with Crippen LogP contribution in [0.15, 0.2) is 24.3 Å². The van der Waals surface area contributed by atoms with Gasteiger partial charge in [-0.3, -0.25) is 4.79 Å². The molecule has 0 radical (unpaired) electrons. The van der Waals surface area contributed by atoms with Gasteiger partial charge in [-0.15, -0.1) is 0 Å². The van der Waals surface area contributed by atoms with Crippen LogP contribution >= 0.6 is 0 Å². The second-order valence-corrected chi connectivity index (χ2v) is 5.22. The molecule has 0 spiro atoms. The Kier molecular flexibility index (Phi) is 6.47. The first-order valence-electron chi connectivity index (χ1n) is 7.86. The summed E-state index contributed by atoms with van der Waals surface area (Å²) in [4.78, 5) is 31.4. The van der Waals surface area contributed by atoms with Crippen LogP contribution in [-0.4, -0.2) is 47.2 Å². The molecule has 1 amide bonds. The first-order chi connectivity index (χ1) is 12.9. The van der Waals surface area contributed by atoms with Crippen molar-refractivity contribution in [3.63, 3.8) is 0 Å². The van der Waals surface area contributed by atoms with Gasteiger partial charge in [-0.05, 0) is 18.6 Å². The van der Waals surface area contributed by atoms with E-state index in [0.29, 0.717) is 0 Å². The van der Waals surface area contributed by atoms with E-state index in [-0.39, 0.29) is 29.9 Å². The van der Waals surface area contributed by atoms with Crippen LogP contribution in [0.3, 0.4) is 0 Å². The predicted octanol–water partition coefficient (Wildman–Crippen LogP) is 2.02. The van der Waals surface area contributed by atoms with Gasteiger partial charge in [0.15, 0.2) is 0 Å². The van der Waals surface area contributed by atoms with Crippen LogP contribution in [0.1, 0.15) is 23.7 Å². The Bertz CT molecular complexity index is 823. The summed E-state index contributed by atoms with van der Waals surface area (Å²) < 4.78 is 29.7. The molecular formula is C17H18FN3O6. The van der Waals surface area contributed by atoms with Crippen molar-refractivity contribution in [1.82, 2.24) is 15.3 Å². The number of halogens is 1. The molecule has 2 N–H and O–H groups in total. The lowest BCUT2D eigenvalue weighted by molar-refractivity contribution is -0.139. The molecule has 0 aliphatic rings. The van der Waals surface area contributed by atoms with Gasteiger partial charge >= 0.3 is 12.0 Å². The number of carbonyl (C=O) groups is 2. The van der Waals surface area contributed by atoms with Gasteiger partial charge in [0, 0.05) is 0 Å². The van der Waals surface area contributed by atoms with Gasteiger partial charge in [0.1, 0.15) is 23.2 Å². The third-order valence-electron chi connectivity index (χ3n) is 3.49. The zero-order valence-corrected chi connectivity index (χ0v) is 14.9. The van der Waals surface area contributed by atoms with E-state index in [1.54, 1.807) is 6.92 Å². The van der Waals surface area contributed by atoms with E-state index < -0.39 is 29.3 Å². The average Bonchev–Trinajstić information content (AvgIpc) is 2.65. The first kappa shape index (κ1) is 19.9. The Morgan fingerprint density at radius 3 is 2.37 bits per heavy atom. The van der Waals surface area contributed by atoms with E-state index >= 15 is 0 Å². The molecule has 0 bridgehead atoms. The largest absolute Gasteiger partial charge is 0.481 e. The summed E-state index contributed by atoms with van der Waals surface area (Å²) in [5.74, 6) is -2.98. The van der Waals surface area contributed by atoms with Crippen LogP contribution in [-0.2, 0) is 4.79 Å². The maximum absolute atomic E-state index is 14.3. The van der Waals surface area contributed by atoms with E-state index in [1.807, 2.05) is 0 Å². The minimum atomic E-state index is -1.23. The molecule has 2 aromatic rings. The van der Waals surface area contributed by atoms with E-state index in [2.05, 4.69) is 15.3 Å². The van der Waals surface area contributed by atoms with E-state index in [4.69, 9.17) is 19.3 Å². The van der Waals surface area contributed by atoms with Crippen molar-refractivity contribution < 1.29 is 33.3 Å². The number of rotatable bonds is 8. The van der Waals surface area contributed by atoms with Gasteiger partial charge in [-0.2, -0.15) is 9.97 Å². The molecule has 9 nitrogen and oxygen atoms in total. The minimum absolute atomic E-state index is 0.127. The molecule has 1 aromatic heterocycles. The Morgan fingerprint density at radius 1 is 1.22 bits per heavy atom. The van der Waals surface area contributed by atoms with Gasteiger partial charge in [0.2, 0.25) is 11.8 Å². The number of aromatic nitrogens is 2. The van der Waals surface area contributed by atoms with Crippen molar-refractivity contribution >= 4 is 11.9 Å². The number of ether oxygens (including phenoxy) is 3. The van der Waals surface area contributed by atoms with Crippen molar-refractivity contribution in [3.05, 3.63) is 35.6 Å². The molecule has 1 atom stereocenters. The lowest BCUT2D eigenvalue weighted by Crippen LogP contribution is -2.40. The van der Waals surface area contributed by atoms with Gasteiger partial charge in [-0.25, -0.2) is 9.18 Å². The number of aliphatic carboxylic acids is 1. The van der Waals surface area contributed by atoms with Gasteiger partial charge in [0.25, 0.3) is 5.91 Å². The lowest BCUT2D eigenvalue weighted by Gasteiger charge is -2.15. The van der Waals surface area contributed by atoms with Crippen molar-refractivity contribution in [2.24, 2.45) is 0 Å².